The van der Waals surface area contributed by atoms with Gasteiger partial charge in [-0.05, 0) is 19.1 Å². The van der Waals surface area contributed by atoms with E-state index in [9.17, 15) is 20.0 Å². The van der Waals surface area contributed by atoms with Gasteiger partial charge in [-0.3, -0.25) is 9.59 Å². The Balaban J connectivity index is 1.33. The quantitative estimate of drug-likeness (QED) is 0.462. The minimum atomic E-state index is -1.20. The molecule has 0 aliphatic carbocycles. The lowest BCUT2D eigenvalue weighted by molar-refractivity contribution is -0.134. The maximum atomic E-state index is 14.0. The maximum absolute atomic E-state index is 14.0. The predicted octanol–water partition coefficient (Wildman–Crippen LogP) is 3.60. The Morgan fingerprint density at radius 2 is 1.64 bits per heavy atom. The summed E-state index contributed by atoms with van der Waals surface area (Å²) in [6, 6.07) is 17.9. The van der Waals surface area contributed by atoms with Crippen molar-refractivity contribution in [2.75, 3.05) is 25.7 Å². The van der Waals surface area contributed by atoms with Crippen molar-refractivity contribution in [3.63, 3.8) is 0 Å². The van der Waals surface area contributed by atoms with Crippen molar-refractivity contribution in [1.82, 2.24) is 0 Å². The molecular formula is C30H28N2O7. The Kier molecular flexibility index (Phi) is 5.79. The number of imide groups is 1. The molecule has 3 aromatic rings. The lowest BCUT2D eigenvalue weighted by atomic mass is 9.66. The zero-order chi connectivity index (χ0) is 27.5. The number of amides is 2. The van der Waals surface area contributed by atoms with E-state index in [1.54, 1.807) is 63.6 Å². The van der Waals surface area contributed by atoms with Crippen LogP contribution in [0, 0.1) is 23.2 Å². The average molecular weight is 529 g/mol. The molecule has 3 aliphatic rings. The number of carbonyl (C=O) groups excluding carboxylic acids is 2. The lowest BCUT2D eigenvalue weighted by Crippen LogP contribution is -2.49. The van der Waals surface area contributed by atoms with Crippen LogP contribution < -0.4 is 19.1 Å². The molecule has 3 aliphatic heterocycles. The molecule has 6 rings (SSSR count). The SMILES string of the molecule is COc1cc(OC)cc(OCC[C@@]23CC(O)[C@@](C)(O2)[C@H]2C(=O)N(c4ccc(C#N)c5ccccc45)C(=O)[C@H]23)c1. The fraction of sp³-hybridized carbons (Fsp3) is 0.367. The molecule has 2 bridgehead atoms. The molecule has 0 aromatic heterocycles. The van der Waals surface area contributed by atoms with Crippen molar-refractivity contribution in [3.05, 3.63) is 60.2 Å². The summed E-state index contributed by atoms with van der Waals surface area (Å²) in [4.78, 5) is 29.2. The van der Waals surface area contributed by atoms with Gasteiger partial charge in [-0.1, -0.05) is 24.3 Å². The molecule has 5 atom stereocenters. The van der Waals surface area contributed by atoms with E-state index < -0.39 is 35.0 Å². The van der Waals surface area contributed by atoms with Crippen LogP contribution in [0.5, 0.6) is 17.2 Å². The average Bonchev–Trinajstić information content (AvgIpc) is 3.48. The van der Waals surface area contributed by atoms with E-state index in [1.807, 2.05) is 12.1 Å². The van der Waals surface area contributed by atoms with Crippen LogP contribution >= 0.6 is 0 Å². The fourth-order valence-electron chi connectivity index (χ4n) is 6.64. The molecule has 0 saturated carbocycles. The topological polar surface area (TPSA) is 118 Å². The van der Waals surface area contributed by atoms with Gasteiger partial charge in [0.15, 0.2) is 0 Å². The van der Waals surface area contributed by atoms with Gasteiger partial charge in [0.2, 0.25) is 11.8 Å². The van der Waals surface area contributed by atoms with E-state index in [0.29, 0.717) is 45.7 Å². The molecule has 0 spiro atoms. The molecule has 39 heavy (non-hydrogen) atoms. The number of carbonyl (C=O) groups is 2. The van der Waals surface area contributed by atoms with Crippen LogP contribution in [0.3, 0.4) is 0 Å². The Morgan fingerprint density at radius 1 is 1.00 bits per heavy atom. The van der Waals surface area contributed by atoms with E-state index in [-0.39, 0.29) is 18.9 Å². The van der Waals surface area contributed by atoms with Gasteiger partial charge in [0, 0.05) is 41.8 Å². The van der Waals surface area contributed by atoms with E-state index in [4.69, 9.17) is 18.9 Å². The van der Waals surface area contributed by atoms with Crippen molar-refractivity contribution in [3.8, 4) is 23.3 Å². The molecular weight excluding hydrogens is 500 g/mol. The van der Waals surface area contributed by atoms with E-state index in [0.717, 1.165) is 0 Å². The third kappa shape index (κ3) is 3.59. The van der Waals surface area contributed by atoms with Gasteiger partial charge in [0.05, 0.1) is 61.7 Å². The van der Waals surface area contributed by atoms with Crippen molar-refractivity contribution < 1.29 is 33.6 Å². The summed E-state index contributed by atoms with van der Waals surface area (Å²) in [5.74, 6) is -0.690. The summed E-state index contributed by atoms with van der Waals surface area (Å²) in [7, 11) is 3.10. The van der Waals surface area contributed by atoms with Gasteiger partial charge in [-0.25, -0.2) is 4.90 Å². The van der Waals surface area contributed by atoms with Crippen LogP contribution in [0.15, 0.2) is 54.6 Å². The van der Waals surface area contributed by atoms with Crippen LogP contribution in [0.4, 0.5) is 5.69 Å². The Bertz CT molecular complexity index is 1530. The molecule has 3 aromatic carbocycles. The largest absolute Gasteiger partial charge is 0.496 e. The first-order valence-corrected chi connectivity index (χ1v) is 12.8. The standard InChI is InChI=1S/C30H28N2O7/c1-29-24(33)15-30(39-29,10-11-38-20-13-18(36-2)12-19(14-20)37-3)26-25(29)27(34)32(28(26)35)23-9-8-17(16-31)21-6-4-5-7-22(21)23/h4-9,12-14,24-26,33H,10-11,15H2,1-3H3/t24?,25-,26+,29-,30+/m1/s1. The first-order valence-electron chi connectivity index (χ1n) is 12.8. The number of benzene rings is 3. The Morgan fingerprint density at radius 3 is 2.31 bits per heavy atom. The number of aliphatic hydroxyl groups excluding tert-OH is 1. The van der Waals surface area contributed by atoms with Crippen LogP contribution in [0.2, 0.25) is 0 Å². The van der Waals surface area contributed by atoms with Crippen LogP contribution in [-0.2, 0) is 14.3 Å². The van der Waals surface area contributed by atoms with Crippen molar-refractivity contribution in [2.45, 2.75) is 37.1 Å². The molecule has 9 heteroatoms. The first kappa shape index (κ1) is 25.2. The highest BCUT2D eigenvalue weighted by molar-refractivity contribution is 6.26. The summed E-state index contributed by atoms with van der Waals surface area (Å²) >= 11 is 0. The first-order chi connectivity index (χ1) is 18.8. The van der Waals surface area contributed by atoms with E-state index in [2.05, 4.69) is 6.07 Å². The maximum Gasteiger partial charge on any atom is 0.240 e. The zero-order valence-electron chi connectivity index (χ0n) is 21.8. The number of fused-ring (bicyclic) bond motifs is 6. The van der Waals surface area contributed by atoms with Crippen LogP contribution in [0.25, 0.3) is 10.8 Å². The molecule has 3 heterocycles. The number of ether oxygens (including phenoxy) is 4. The van der Waals surface area contributed by atoms with E-state index >= 15 is 0 Å². The number of hydrogen-bond donors (Lipinski definition) is 1. The molecule has 2 amide bonds. The molecule has 1 N–H and O–H groups in total. The zero-order valence-corrected chi connectivity index (χ0v) is 21.8. The molecule has 3 saturated heterocycles. The fourth-order valence-corrected chi connectivity index (χ4v) is 6.64. The number of nitrogens with zero attached hydrogens (tertiary/aromatic N) is 2. The van der Waals surface area contributed by atoms with Crippen molar-refractivity contribution in [2.24, 2.45) is 11.8 Å². The number of methoxy groups -OCH3 is 2. The van der Waals surface area contributed by atoms with Gasteiger partial charge < -0.3 is 24.1 Å². The summed E-state index contributed by atoms with van der Waals surface area (Å²) in [5.41, 5.74) is -1.37. The summed E-state index contributed by atoms with van der Waals surface area (Å²) in [6.45, 7) is 1.90. The molecule has 9 nitrogen and oxygen atoms in total. The predicted molar refractivity (Wildman–Crippen MR) is 141 cm³/mol. The molecule has 1 unspecified atom stereocenters. The van der Waals surface area contributed by atoms with Gasteiger partial charge in [-0.2, -0.15) is 5.26 Å². The summed E-state index contributed by atoms with van der Waals surface area (Å²) < 4.78 is 23.0. The highest BCUT2D eigenvalue weighted by Crippen LogP contribution is 2.62. The second kappa shape index (κ2) is 8.97. The third-order valence-electron chi connectivity index (χ3n) is 8.50. The number of aliphatic hydroxyl groups is 1. The van der Waals surface area contributed by atoms with Gasteiger partial charge in [0.25, 0.3) is 0 Å². The second-order valence-electron chi connectivity index (χ2n) is 10.5. The van der Waals surface area contributed by atoms with Crippen molar-refractivity contribution in [1.29, 1.82) is 5.26 Å². The number of anilines is 1. The smallest absolute Gasteiger partial charge is 0.240 e. The summed E-state index contributed by atoms with van der Waals surface area (Å²) in [5, 5.41) is 21.9. The normalized spacial score (nSPS) is 29.0. The highest BCUT2D eigenvalue weighted by atomic mass is 16.6. The van der Waals surface area contributed by atoms with Gasteiger partial charge in [0.1, 0.15) is 22.8 Å². The summed E-state index contributed by atoms with van der Waals surface area (Å²) in [6.07, 6.45) is -0.400. The number of hydrogen-bond acceptors (Lipinski definition) is 8. The Hall–Kier alpha value is -4.13. The third-order valence-corrected chi connectivity index (χ3v) is 8.50. The second-order valence-corrected chi connectivity index (χ2v) is 10.5. The molecule has 200 valence electrons. The molecule has 0 radical (unpaired) electrons. The number of rotatable bonds is 7. The van der Waals surface area contributed by atoms with Crippen LogP contribution in [0.1, 0.15) is 25.3 Å². The monoisotopic (exact) mass is 528 g/mol. The van der Waals surface area contributed by atoms with E-state index in [1.165, 1.54) is 4.90 Å². The van der Waals surface area contributed by atoms with Crippen LogP contribution in [-0.4, -0.2) is 55.1 Å². The molecule has 3 fully saturated rings. The number of nitriles is 1. The van der Waals surface area contributed by atoms with Crippen molar-refractivity contribution >= 4 is 28.3 Å². The lowest BCUT2D eigenvalue weighted by Gasteiger charge is -2.33. The van der Waals surface area contributed by atoms with Gasteiger partial charge in [-0.15, -0.1) is 0 Å². The Labute approximate surface area is 225 Å². The minimum Gasteiger partial charge on any atom is -0.496 e. The minimum absolute atomic E-state index is 0.184. The highest BCUT2D eigenvalue weighted by Gasteiger charge is 2.77. The van der Waals surface area contributed by atoms with Gasteiger partial charge >= 0.3 is 0 Å².